The summed E-state index contributed by atoms with van der Waals surface area (Å²) in [4.78, 5) is 0. The van der Waals surface area contributed by atoms with Crippen molar-refractivity contribution in [2.45, 2.75) is 0 Å². The van der Waals surface area contributed by atoms with E-state index >= 15 is 0 Å². The third-order valence-corrected chi connectivity index (χ3v) is 2.61. The van der Waals surface area contributed by atoms with Crippen LogP contribution in [0, 0.1) is 23.0 Å². The molecule has 0 amide bonds. The van der Waals surface area contributed by atoms with Crippen molar-refractivity contribution < 1.29 is 8.78 Å². The van der Waals surface area contributed by atoms with Gasteiger partial charge in [0.2, 0.25) is 0 Å². The third-order valence-electron chi connectivity index (χ3n) is 2.30. The van der Waals surface area contributed by atoms with E-state index in [-0.39, 0.29) is 10.7 Å². The average molecular weight is 265 g/mol. The van der Waals surface area contributed by atoms with Crippen molar-refractivity contribution in [2.24, 2.45) is 0 Å². The van der Waals surface area contributed by atoms with Crippen LogP contribution in [0.5, 0.6) is 0 Å². The first-order chi connectivity index (χ1) is 8.60. The van der Waals surface area contributed by atoms with Gasteiger partial charge in [-0.1, -0.05) is 11.6 Å². The molecule has 0 unspecified atom stereocenters. The van der Waals surface area contributed by atoms with E-state index in [1.54, 1.807) is 0 Å². The van der Waals surface area contributed by atoms with E-state index in [4.69, 9.17) is 16.9 Å². The lowest BCUT2D eigenvalue weighted by Crippen LogP contribution is -1.95. The SMILES string of the molecule is N#Cc1ccc(Nc2cc(F)ccc2F)c(Cl)c1. The molecule has 0 atom stereocenters. The molecular weight excluding hydrogens is 258 g/mol. The minimum atomic E-state index is -0.586. The Kier molecular flexibility index (Phi) is 3.45. The number of anilines is 2. The molecule has 5 heteroatoms. The topological polar surface area (TPSA) is 35.8 Å². The minimum Gasteiger partial charge on any atom is -0.352 e. The lowest BCUT2D eigenvalue weighted by Gasteiger charge is -2.09. The Bertz CT molecular complexity index is 635. The van der Waals surface area contributed by atoms with Crippen LogP contribution in [0.2, 0.25) is 5.02 Å². The number of benzene rings is 2. The Hall–Kier alpha value is -2.12. The molecule has 90 valence electrons. The molecule has 0 aliphatic heterocycles. The zero-order valence-corrected chi connectivity index (χ0v) is 9.80. The highest BCUT2D eigenvalue weighted by atomic mass is 35.5. The van der Waals surface area contributed by atoms with Gasteiger partial charge in [-0.3, -0.25) is 0 Å². The lowest BCUT2D eigenvalue weighted by molar-refractivity contribution is 0.603. The van der Waals surface area contributed by atoms with Gasteiger partial charge in [-0.25, -0.2) is 8.78 Å². The number of nitrogens with zero attached hydrogens (tertiary/aromatic N) is 1. The molecule has 0 saturated carbocycles. The molecule has 2 rings (SSSR count). The second-order valence-corrected chi connectivity index (χ2v) is 3.96. The van der Waals surface area contributed by atoms with Crippen LogP contribution >= 0.6 is 11.6 Å². The smallest absolute Gasteiger partial charge is 0.146 e. The van der Waals surface area contributed by atoms with Crippen molar-refractivity contribution in [1.29, 1.82) is 5.26 Å². The fourth-order valence-corrected chi connectivity index (χ4v) is 1.65. The summed E-state index contributed by atoms with van der Waals surface area (Å²) < 4.78 is 26.4. The third kappa shape index (κ3) is 2.58. The van der Waals surface area contributed by atoms with Crippen LogP contribution < -0.4 is 5.32 Å². The number of hydrogen-bond donors (Lipinski definition) is 1. The van der Waals surface area contributed by atoms with Crippen LogP contribution in [-0.4, -0.2) is 0 Å². The van der Waals surface area contributed by atoms with Crippen LogP contribution in [-0.2, 0) is 0 Å². The summed E-state index contributed by atoms with van der Waals surface area (Å²) in [6.07, 6.45) is 0. The number of halogens is 3. The Morgan fingerprint density at radius 1 is 1.06 bits per heavy atom. The standard InChI is InChI=1S/C13H7ClF2N2/c14-10-5-8(7-17)1-4-12(10)18-13-6-9(15)2-3-11(13)16/h1-6,18H. The van der Waals surface area contributed by atoms with Crippen LogP contribution in [0.4, 0.5) is 20.2 Å². The van der Waals surface area contributed by atoms with E-state index in [9.17, 15) is 8.78 Å². The number of nitriles is 1. The summed E-state index contributed by atoms with van der Waals surface area (Å²) in [5.74, 6) is -1.14. The highest BCUT2D eigenvalue weighted by Gasteiger charge is 2.07. The fraction of sp³-hybridized carbons (Fsp3) is 0. The summed E-state index contributed by atoms with van der Waals surface area (Å²) in [5.41, 5.74) is 0.784. The molecule has 2 nitrogen and oxygen atoms in total. The van der Waals surface area contributed by atoms with E-state index in [0.29, 0.717) is 11.3 Å². The molecule has 18 heavy (non-hydrogen) atoms. The summed E-state index contributed by atoms with van der Waals surface area (Å²) in [6, 6.07) is 9.53. The highest BCUT2D eigenvalue weighted by Crippen LogP contribution is 2.27. The summed E-state index contributed by atoms with van der Waals surface area (Å²) in [7, 11) is 0. The van der Waals surface area contributed by atoms with Gasteiger partial charge in [-0.2, -0.15) is 5.26 Å². The molecule has 0 aliphatic carbocycles. The number of nitrogens with one attached hydrogen (secondary N) is 1. The molecule has 1 N–H and O–H groups in total. The van der Waals surface area contributed by atoms with Crippen molar-refractivity contribution in [1.82, 2.24) is 0 Å². The van der Waals surface area contributed by atoms with Gasteiger partial charge in [-0.05, 0) is 30.3 Å². The molecule has 0 aromatic heterocycles. The van der Waals surface area contributed by atoms with Crippen LogP contribution in [0.15, 0.2) is 36.4 Å². The molecule has 2 aromatic carbocycles. The lowest BCUT2D eigenvalue weighted by atomic mass is 10.2. The predicted molar refractivity (Wildman–Crippen MR) is 65.8 cm³/mol. The minimum absolute atomic E-state index is 0.0124. The predicted octanol–water partition coefficient (Wildman–Crippen LogP) is 4.23. The second-order valence-electron chi connectivity index (χ2n) is 3.56. The monoisotopic (exact) mass is 264 g/mol. The van der Waals surface area contributed by atoms with E-state index < -0.39 is 11.6 Å². The zero-order chi connectivity index (χ0) is 13.1. The molecule has 0 aliphatic rings. The van der Waals surface area contributed by atoms with Gasteiger partial charge in [0.15, 0.2) is 0 Å². The van der Waals surface area contributed by atoms with Crippen molar-refractivity contribution >= 4 is 23.0 Å². The van der Waals surface area contributed by atoms with E-state index in [0.717, 1.165) is 18.2 Å². The molecule has 0 fully saturated rings. The Morgan fingerprint density at radius 3 is 2.50 bits per heavy atom. The maximum atomic E-state index is 13.4. The molecule has 0 radical (unpaired) electrons. The Balaban J connectivity index is 2.34. The second kappa shape index (κ2) is 5.03. The fourth-order valence-electron chi connectivity index (χ4n) is 1.42. The average Bonchev–Trinajstić information content (AvgIpc) is 2.36. The maximum absolute atomic E-state index is 13.4. The van der Waals surface area contributed by atoms with Gasteiger partial charge in [-0.15, -0.1) is 0 Å². The number of hydrogen-bond acceptors (Lipinski definition) is 2. The van der Waals surface area contributed by atoms with Crippen molar-refractivity contribution in [3.63, 3.8) is 0 Å². The first-order valence-corrected chi connectivity index (χ1v) is 5.39. The molecule has 0 heterocycles. The largest absolute Gasteiger partial charge is 0.352 e. The van der Waals surface area contributed by atoms with Crippen molar-refractivity contribution in [3.05, 3.63) is 58.6 Å². The molecular formula is C13H7ClF2N2. The van der Waals surface area contributed by atoms with Gasteiger partial charge in [0.25, 0.3) is 0 Å². The van der Waals surface area contributed by atoms with Gasteiger partial charge in [0, 0.05) is 6.07 Å². The van der Waals surface area contributed by atoms with Crippen molar-refractivity contribution in [2.75, 3.05) is 5.32 Å². The highest BCUT2D eigenvalue weighted by molar-refractivity contribution is 6.33. The van der Waals surface area contributed by atoms with Gasteiger partial charge < -0.3 is 5.32 Å². The van der Waals surface area contributed by atoms with E-state index in [2.05, 4.69) is 5.32 Å². The quantitative estimate of drug-likeness (QED) is 0.881. The van der Waals surface area contributed by atoms with Crippen molar-refractivity contribution in [3.8, 4) is 6.07 Å². The summed E-state index contributed by atoms with van der Waals surface area (Å²) in [5, 5.41) is 11.6. The van der Waals surface area contributed by atoms with Gasteiger partial charge in [0.05, 0.1) is 28.0 Å². The maximum Gasteiger partial charge on any atom is 0.146 e. The first-order valence-electron chi connectivity index (χ1n) is 5.02. The van der Waals surface area contributed by atoms with E-state index in [1.807, 2.05) is 6.07 Å². The van der Waals surface area contributed by atoms with Gasteiger partial charge >= 0.3 is 0 Å². The molecule has 0 spiro atoms. The summed E-state index contributed by atoms with van der Waals surface area (Å²) >= 11 is 5.92. The van der Waals surface area contributed by atoms with E-state index in [1.165, 1.54) is 18.2 Å². The van der Waals surface area contributed by atoms with Crippen LogP contribution in [0.3, 0.4) is 0 Å². The Labute approximate surface area is 107 Å². The molecule has 0 bridgehead atoms. The molecule has 2 aromatic rings. The number of rotatable bonds is 2. The van der Waals surface area contributed by atoms with Gasteiger partial charge in [0.1, 0.15) is 11.6 Å². The normalized spacial score (nSPS) is 9.89. The molecule has 0 saturated heterocycles. The zero-order valence-electron chi connectivity index (χ0n) is 9.05. The summed E-state index contributed by atoms with van der Waals surface area (Å²) in [6.45, 7) is 0. The van der Waals surface area contributed by atoms with Crippen LogP contribution in [0.25, 0.3) is 0 Å². The first kappa shape index (κ1) is 12.3. The van der Waals surface area contributed by atoms with Crippen LogP contribution in [0.1, 0.15) is 5.56 Å². The Morgan fingerprint density at radius 2 is 1.83 bits per heavy atom.